The number of Topliss-reactive ketones (excluding diaryl/α,β-unsaturated/α-hetero) is 1. The first kappa shape index (κ1) is 14.5. The lowest BCUT2D eigenvalue weighted by Gasteiger charge is -2.04. The summed E-state index contributed by atoms with van der Waals surface area (Å²) in [5, 5.41) is 4.71. The highest BCUT2D eigenvalue weighted by Crippen LogP contribution is 2.11. The Hall–Kier alpha value is -1.94. The molecule has 0 fully saturated rings. The van der Waals surface area contributed by atoms with Crippen molar-refractivity contribution in [3.63, 3.8) is 0 Å². The monoisotopic (exact) mass is 287 g/mol. The van der Waals surface area contributed by atoms with Gasteiger partial charge in [0.2, 0.25) is 5.91 Å². The van der Waals surface area contributed by atoms with Crippen LogP contribution in [0.15, 0.2) is 47.8 Å². The summed E-state index contributed by atoms with van der Waals surface area (Å²) in [5.74, 6) is -0.122. The second-order valence-corrected chi connectivity index (χ2v) is 5.53. The maximum atomic E-state index is 11.8. The van der Waals surface area contributed by atoms with Crippen molar-refractivity contribution in [2.45, 2.75) is 19.3 Å². The Balaban J connectivity index is 1.66. The Morgan fingerprint density at radius 2 is 1.85 bits per heavy atom. The molecule has 0 saturated carbocycles. The van der Waals surface area contributed by atoms with Gasteiger partial charge in [-0.1, -0.05) is 36.4 Å². The molecule has 0 aliphatic heterocycles. The van der Waals surface area contributed by atoms with E-state index in [0.29, 0.717) is 12.0 Å². The number of carbonyl (C=O) groups is 2. The summed E-state index contributed by atoms with van der Waals surface area (Å²) in [7, 11) is 0. The zero-order chi connectivity index (χ0) is 14.2. The number of amides is 1. The number of benzene rings is 1. The molecule has 0 radical (unpaired) electrons. The smallest absolute Gasteiger partial charge is 0.220 e. The maximum Gasteiger partial charge on any atom is 0.220 e. The number of carbonyl (C=O) groups excluding carboxylic acids is 2. The van der Waals surface area contributed by atoms with Gasteiger partial charge < -0.3 is 5.32 Å². The quantitative estimate of drug-likeness (QED) is 0.795. The Labute approximate surface area is 122 Å². The number of nitrogens with one attached hydrogen (secondary N) is 1. The van der Waals surface area contributed by atoms with Gasteiger partial charge in [0.15, 0.2) is 5.78 Å². The summed E-state index contributed by atoms with van der Waals surface area (Å²) in [6, 6.07) is 13.1. The molecule has 0 aliphatic rings. The minimum Gasteiger partial charge on any atom is -0.349 e. The summed E-state index contributed by atoms with van der Waals surface area (Å²) in [5.41, 5.74) is 0.631. The molecule has 0 saturated heterocycles. The van der Waals surface area contributed by atoms with Gasteiger partial charge in [0.1, 0.15) is 0 Å². The minimum absolute atomic E-state index is 0.0581. The van der Waals surface area contributed by atoms with E-state index in [2.05, 4.69) is 11.4 Å². The molecular weight excluding hydrogens is 270 g/mol. The number of hydrogen-bond acceptors (Lipinski definition) is 3. The van der Waals surface area contributed by atoms with E-state index >= 15 is 0 Å². The van der Waals surface area contributed by atoms with Gasteiger partial charge >= 0.3 is 0 Å². The predicted octanol–water partition coefficient (Wildman–Crippen LogP) is 3.07. The molecule has 0 aliphatic carbocycles. The summed E-state index contributed by atoms with van der Waals surface area (Å²) in [4.78, 5) is 24.7. The van der Waals surface area contributed by atoms with E-state index < -0.39 is 0 Å². The molecule has 1 aromatic carbocycles. The Morgan fingerprint density at radius 1 is 1.05 bits per heavy atom. The maximum absolute atomic E-state index is 11.8. The normalized spacial score (nSPS) is 10.2. The van der Waals surface area contributed by atoms with Crippen molar-refractivity contribution < 1.29 is 9.59 Å². The van der Waals surface area contributed by atoms with E-state index in [9.17, 15) is 9.59 Å². The van der Waals surface area contributed by atoms with Crippen LogP contribution in [0.3, 0.4) is 0 Å². The Morgan fingerprint density at radius 3 is 2.55 bits per heavy atom. The SMILES string of the molecule is O=C(CCCc1cccs1)NCC(=O)c1ccccc1. The lowest BCUT2D eigenvalue weighted by atomic mass is 10.1. The molecule has 20 heavy (non-hydrogen) atoms. The van der Waals surface area contributed by atoms with Crippen molar-refractivity contribution in [1.29, 1.82) is 0 Å². The van der Waals surface area contributed by atoms with Crippen LogP contribution < -0.4 is 5.32 Å². The first-order valence-corrected chi connectivity index (χ1v) is 7.51. The van der Waals surface area contributed by atoms with Crippen LogP contribution in [0.5, 0.6) is 0 Å². The molecule has 3 nitrogen and oxygen atoms in total. The molecular formula is C16H17NO2S. The van der Waals surface area contributed by atoms with Gasteiger partial charge in [-0.05, 0) is 24.3 Å². The number of hydrogen-bond donors (Lipinski definition) is 1. The zero-order valence-corrected chi connectivity index (χ0v) is 12.0. The lowest BCUT2D eigenvalue weighted by Crippen LogP contribution is -2.29. The van der Waals surface area contributed by atoms with Gasteiger partial charge in [-0.15, -0.1) is 11.3 Å². The van der Waals surface area contributed by atoms with Crippen LogP contribution in [0.1, 0.15) is 28.1 Å². The third-order valence-corrected chi connectivity index (χ3v) is 3.89. The fraction of sp³-hybridized carbons (Fsp3) is 0.250. The number of ketones is 1. The Kier molecular flexibility index (Phi) is 5.50. The van der Waals surface area contributed by atoms with E-state index in [0.717, 1.165) is 12.8 Å². The number of aryl methyl sites for hydroxylation is 1. The van der Waals surface area contributed by atoms with Crippen LogP contribution in [0.4, 0.5) is 0 Å². The molecule has 2 aromatic rings. The van der Waals surface area contributed by atoms with E-state index in [1.165, 1.54) is 4.88 Å². The zero-order valence-electron chi connectivity index (χ0n) is 11.2. The average molecular weight is 287 g/mol. The predicted molar refractivity (Wildman–Crippen MR) is 81.0 cm³/mol. The number of thiophene rings is 1. The van der Waals surface area contributed by atoms with Gasteiger partial charge in [0, 0.05) is 16.9 Å². The van der Waals surface area contributed by atoms with Gasteiger partial charge in [-0.25, -0.2) is 0 Å². The third-order valence-electron chi connectivity index (χ3n) is 2.95. The highest BCUT2D eigenvalue weighted by Gasteiger charge is 2.07. The summed E-state index contributed by atoms with van der Waals surface area (Å²) in [6.45, 7) is 0.0713. The lowest BCUT2D eigenvalue weighted by molar-refractivity contribution is -0.121. The van der Waals surface area contributed by atoms with Crippen molar-refractivity contribution in [1.82, 2.24) is 5.32 Å². The largest absolute Gasteiger partial charge is 0.349 e. The molecule has 1 aromatic heterocycles. The fourth-order valence-corrected chi connectivity index (χ4v) is 2.62. The topological polar surface area (TPSA) is 46.2 Å². The van der Waals surface area contributed by atoms with Gasteiger partial charge in [-0.3, -0.25) is 9.59 Å². The van der Waals surface area contributed by atoms with Gasteiger partial charge in [0.25, 0.3) is 0 Å². The third kappa shape index (κ3) is 4.63. The van der Waals surface area contributed by atoms with E-state index in [-0.39, 0.29) is 18.2 Å². The van der Waals surface area contributed by atoms with E-state index in [1.54, 1.807) is 23.5 Å². The van der Waals surface area contributed by atoms with Crippen molar-refractivity contribution in [3.8, 4) is 0 Å². The standard InChI is InChI=1S/C16H17NO2S/c18-15(13-6-2-1-3-7-13)12-17-16(19)10-4-8-14-9-5-11-20-14/h1-3,5-7,9,11H,4,8,10,12H2,(H,17,19). The molecule has 4 heteroatoms. The first-order valence-electron chi connectivity index (χ1n) is 6.63. The van der Waals surface area contributed by atoms with Crippen molar-refractivity contribution in [3.05, 3.63) is 58.3 Å². The van der Waals surface area contributed by atoms with E-state index in [1.807, 2.05) is 29.6 Å². The van der Waals surface area contributed by atoms with Crippen molar-refractivity contribution in [2.24, 2.45) is 0 Å². The van der Waals surface area contributed by atoms with Gasteiger partial charge in [0.05, 0.1) is 6.54 Å². The fourth-order valence-electron chi connectivity index (χ4n) is 1.87. The van der Waals surface area contributed by atoms with E-state index in [4.69, 9.17) is 0 Å². The molecule has 1 amide bonds. The molecule has 0 atom stereocenters. The minimum atomic E-state index is -0.0640. The van der Waals surface area contributed by atoms with Crippen LogP contribution in [0.25, 0.3) is 0 Å². The molecule has 0 spiro atoms. The molecule has 1 heterocycles. The van der Waals surface area contributed by atoms with Crippen LogP contribution in [0, 0.1) is 0 Å². The molecule has 0 bridgehead atoms. The van der Waals surface area contributed by atoms with Crippen LogP contribution in [-0.4, -0.2) is 18.2 Å². The van der Waals surface area contributed by atoms with Crippen molar-refractivity contribution >= 4 is 23.0 Å². The summed E-state index contributed by atoms with van der Waals surface area (Å²) >= 11 is 1.70. The highest BCUT2D eigenvalue weighted by atomic mass is 32.1. The number of rotatable bonds is 7. The van der Waals surface area contributed by atoms with Gasteiger partial charge in [-0.2, -0.15) is 0 Å². The summed E-state index contributed by atoms with van der Waals surface area (Å²) in [6.07, 6.45) is 2.18. The first-order chi connectivity index (χ1) is 9.75. The van der Waals surface area contributed by atoms with Crippen LogP contribution in [0.2, 0.25) is 0 Å². The molecule has 1 N–H and O–H groups in total. The van der Waals surface area contributed by atoms with Crippen LogP contribution >= 0.6 is 11.3 Å². The molecule has 104 valence electrons. The highest BCUT2D eigenvalue weighted by molar-refractivity contribution is 7.09. The average Bonchev–Trinajstić information content (AvgIpc) is 2.99. The second kappa shape index (κ2) is 7.60. The molecule has 2 rings (SSSR count). The summed E-state index contributed by atoms with van der Waals surface area (Å²) < 4.78 is 0. The Bertz CT molecular complexity index is 549. The second-order valence-electron chi connectivity index (χ2n) is 4.50. The van der Waals surface area contributed by atoms with Crippen molar-refractivity contribution in [2.75, 3.05) is 6.54 Å². The molecule has 0 unspecified atom stereocenters. The van der Waals surface area contributed by atoms with Crippen LogP contribution in [-0.2, 0) is 11.2 Å².